The van der Waals surface area contributed by atoms with Crippen molar-refractivity contribution in [2.45, 2.75) is 58.7 Å². The Labute approximate surface area is 293 Å². The van der Waals surface area contributed by atoms with Crippen LogP contribution in [-0.2, 0) is 11.3 Å². The van der Waals surface area contributed by atoms with Gasteiger partial charge in [-0.25, -0.2) is 19.7 Å². The largest absolute Gasteiger partial charge is 0.493 e. The maximum absolute atomic E-state index is 12.7. The molecule has 260 valence electrons. The van der Waals surface area contributed by atoms with Crippen LogP contribution in [0.5, 0.6) is 23.1 Å². The first-order valence-corrected chi connectivity index (χ1v) is 16.8. The molecule has 0 bridgehead atoms. The molecule has 1 amide bonds. The second-order valence-electron chi connectivity index (χ2n) is 13.3. The molecule has 11 heteroatoms. The summed E-state index contributed by atoms with van der Waals surface area (Å²) in [5.74, 6) is 3.00. The van der Waals surface area contributed by atoms with Gasteiger partial charge in [0.1, 0.15) is 11.4 Å². The lowest BCUT2D eigenvalue weighted by Crippen LogP contribution is -2.47. The molecule has 2 N–H and O–H groups in total. The van der Waals surface area contributed by atoms with E-state index in [0.29, 0.717) is 54.4 Å². The summed E-state index contributed by atoms with van der Waals surface area (Å²) < 4.78 is 23.1. The van der Waals surface area contributed by atoms with Crippen LogP contribution in [0.2, 0.25) is 0 Å². The average molecular weight is 677 g/mol. The highest BCUT2D eigenvalue weighted by molar-refractivity contribution is 5.98. The minimum atomic E-state index is -0.547. The van der Waals surface area contributed by atoms with Crippen molar-refractivity contribution in [1.29, 1.82) is 0 Å². The van der Waals surface area contributed by atoms with Gasteiger partial charge in [-0.3, -0.25) is 0 Å². The van der Waals surface area contributed by atoms with E-state index in [9.17, 15) is 4.79 Å². The number of anilines is 2. The summed E-state index contributed by atoms with van der Waals surface area (Å²) in [5, 5.41) is 8.98. The van der Waals surface area contributed by atoms with E-state index in [0.717, 1.165) is 46.0 Å². The fraction of sp³-hybridized carbons (Fsp3) is 0.333. The molecule has 0 aliphatic carbocycles. The number of methoxy groups -OCH3 is 2. The van der Waals surface area contributed by atoms with Gasteiger partial charge >= 0.3 is 6.09 Å². The summed E-state index contributed by atoms with van der Waals surface area (Å²) in [6.45, 7) is 9.42. The van der Waals surface area contributed by atoms with Gasteiger partial charge in [-0.15, -0.1) is 0 Å². The zero-order valence-electron chi connectivity index (χ0n) is 29.4. The molecule has 1 fully saturated rings. The van der Waals surface area contributed by atoms with Crippen LogP contribution in [0.15, 0.2) is 79.1 Å². The molecule has 0 saturated carbocycles. The number of likely N-dealkylation sites (tertiary alicyclic amines) is 1. The van der Waals surface area contributed by atoms with E-state index in [2.05, 4.69) is 44.9 Å². The second kappa shape index (κ2) is 14.9. The third kappa shape index (κ3) is 7.99. The smallest absolute Gasteiger partial charge is 0.410 e. The number of amides is 1. The molecule has 50 heavy (non-hydrogen) atoms. The third-order valence-corrected chi connectivity index (χ3v) is 8.45. The van der Waals surface area contributed by atoms with E-state index >= 15 is 0 Å². The van der Waals surface area contributed by atoms with Crippen LogP contribution in [0, 0.1) is 6.92 Å². The topological polar surface area (TPSA) is 120 Å². The highest BCUT2D eigenvalue weighted by Gasteiger charge is 2.28. The number of pyridine rings is 1. The maximum atomic E-state index is 12.7. The molecule has 6 rings (SSSR count). The molecule has 1 atom stereocenters. The Balaban J connectivity index is 1.22. The lowest BCUT2D eigenvalue weighted by molar-refractivity contribution is 0.0206. The van der Waals surface area contributed by atoms with Crippen molar-refractivity contribution >= 4 is 28.5 Å². The molecule has 2 aromatic heterocycles. The molecule has 0 unspecified atom stereocenters. The molecule has 11 nitrogen and oxygen atoms in total. The van der Waals surface area contributed by atoms with Gasteiger partial charge in [0.05, 0.1) is 25.5 Å². The van der Waals surface area contributed by atoms with Crippen LogP contribution in [0.25, 0.3) is 22.0 Å². The first kappa shape index (κ1) is 34.3. The minimum absolute atomic E-state index is 0.0102. The van der Waals surface area contributed by atoms with E-state index in [1.54, 1.807) is 31.5 Å². The van der Waals surface area contributed by atoms with Crippen LogP contribution >= 0.6 is 0 Å². The van der Waals surface area contributed by atoms with Gasteiger partial charge in [-0.1, -0.05) is 30.3 Å². The predicted octanol–water partition coefficient (Wildman–Crippen LogP) is 8.23. The summed E-state index contributed by atoms with van der Waals surface area (Å²) in [7, 11) is 3.27. The van der Waals surface area contributed by atoms with Crippen molar-refractivity contribution in [2.24, 2.45) is 0 Å². The minimum Gasteiger partial charge on any atom is -0.493 e. The van der Waals surface area contributed by atoms with Gasteiger partial charge in [0.25, 0.3) is 0 Å². The van der Waals surface area contributed by atoms with Gasteiger partial charge in [-0.2, -0.15) is 0 Å². The Bertz CT molecular complexity index is 1980. The van der Waals surface area contributed by atoms with E-state index in [4.69, 9.17) is 23.9 Å². The number of hydrogen-bond acceptors (Lipinski definition) is 10. The number of piperidine rings is 1. The molecule has 3 heterocycles. The van der Waals surface area contributed by atoms with Crippen LogP contribution in [0.4, 0.5) is 16.4 Å². The molecule has 1 aliphatic heterocycles. The lowest BCUT2D eigenvalue weighted by Gasteiger charge is -2.34. The number of aromatic nitrogens is 3. The van der Waals surface area contributed by atoms with Crippen molar-refractivity contribution in [2.75, 3.05) is 37.9 Å². The van der Waals surface area contributed by atoms with Gasteiger partial charge < -0.3 is 34.5 Å². The average Bonchev–Trinajstić information content (AvgIpc) is 3.11. The number of rotatable bonds is 10. The molecule has 0 spiro atoms. The van der Waals surface area contributed by atoms with Crippen LogP contribution in [0.3, 0.4) is 0 Å². The van der Waals surface area contributed by atoms with Crippen LogP contribution in [-0.4, -0.2) is 64.9 Å². The summed E-state index contributed by atoms with van der Waals surface area (Å²) in [4.78, 5) is 28.4. The Morgan fingerprint density at radius 1 is 0.940 bits per heavy atom. The van der Waals surface area contributed by atoms with Crippen molar-refractivity contribution in [1.82, 2.24) is 19.9 Å². The van der Waals surface area contributed by atoms with E-state index in [-0.39, 0.29) is 12.1 Å². The Hall–Kier alpha value is -5.58. The van der Waals surface area contributed by atoms with E-state index < -0.39 is 5.60 Å². The second-order valence-corrected chi connectivity index (χ2v) is 13.3. The number of fused-ring (bicyclic) bond motifs is 1. The summed E-state index contributed by atoms with van der Waals surface area (Å²) in [6, 6.07) is 21.8. The standard InChI is InChI=1S/C39H44N6O5/c1-25-14-16-28-29(11-7-13-31(28)42-23-26-15-17-33(47-5)34(22-26)48-6)35(25)49-36-30(12-8-19-40-36)32-18-20-41-37(44-32)43-27-10-9-21-45(24-27)38(46)50-39(2,3)4/h7-8,11-20,22,27,42H,9-10,21,23-24H2,1-6H3,(H,41,43,44)/t27-/m0/s1. The maximum Gasteiger partial charge on any atom is 0.410 e. The number of nitrogens with zero attached hydrogens (tertiary/aromatic N) is 4. The number of carbonyl (C=O) groups is 1. The summed E-state index contributed by atoms with van der Waals surface area (Å²) in [5.41, 5.74) is 3.86. The molecule has 0 radical (unpaired) electrons. The van der Waals surface area contributed by atoms with Crippen LogP contribution < -0.4 is 24.8 Å². The van der Waals surface area contributed by atoms with Crippen molar-refractivity contribution in [3.8, 4) is 34.4 Å². The van der Waals surface area contributed by atoms with Crippen molar-refractivity contribution in [3.63, 3.8) is 0 Å². The van der Waals surface area contributed by atoms with Gasteiger partial charge in [0, 0.05) is 54.5 Å². The van der Waals surface area contributed by atoms with Gasteiger partial charge in [0.15, 0.2) is 11.5 Å². The zero-order valence-corrected chi connectivity index (χ0v) is 29.4. The molecule has 5 aromatic rings. The number of ether oxygens (including phenoxy) is 4. The number of carbonyl (C=O) groups excluding carboxylic acids is 1. The SMILES string of the molecule is COc1ccc(CNc2cccc3c(Oc4ncccc4-c4ccnc(N[C@H]5CCCN(C(=O)OC(C)(C)C)C5)n4)c(C)ccc23)cc1OC. The van der Waals surface area contributed by atoms with Gasteiger partial charge in [0.2, 0.25) is 11.8 Å². The lowest BCUT2D eigenvalue weighted by atomic mass is 10.0. The molecule has 3 aromatic carbocycles. The molecular formula is C39H44N6O5. The highest BCUT2D eigenvalue weighted by Crippen LogP contribution is 2.39. The van der Waals surface area contributed by atoms with Crippen molar-refractivity contribution < 1.29 is 23.7 Å². The fourth-order valence-electron chi connectivity index (χ4n) is 6.03. The highest BCUT2D eigenvalue weighted by atomic mass is 16.6. The molecular weight excluding hydrogens is 632 g/mol. The van der Waals surface area contributed by atoms with Crippen molar-refractivity contribution in [3.05, 3.63) is 90.3 Å². The van der Waals surface area contributed by atoms with Gasteiger partial charge in [-0.05, 0) is 88.1 Å². The Morgan fingerprint density at radius 3 is 2.58 bits per heavy atom. The predicted molar refractivity (Wildman–Crippen MR) is 195 cm³/mol. The van der Waals surface area contributed by atoms with Crippen LogP contribution in [0.1, 0.15) is 44.7 Å². The first-order chi connectivity index (χ1) is 24.1. The normalized spacial score (nSPS) is 14.6. The molecule has 1 saturated heterocycles. The quantitative estimate of drug-likeness (QED) is 0.150. The zero-order chi connectivity index (χ0) is 35.3. The molecule has 1 aliphatic rings. The number of nitrogens with one attached hydrogen (secondary N) is 2. The Kier molecular flexibility index (Phi) is 10.2. The number of aryl methyl sites for hydroxylation is 1. The number of hydrogen-bond donors (Lipinski definition) is 2. The first-order valence-electron chi connectivity index (χ1n) is 16.8. The van der Waals surface area contributed by atoms with E-state index in [1.165, 1.54) is 0 Å². The summed E-state index contributed by atoms with van der Waals surface area (Å²) in [6.07, 6.45) is 4.87. The summed E-state index contributed by atoms with van der Waals surface area (Å²) >= 11 is 0. The third-order valence-electron chi connectivity index (χ3n) is 8.45. The van der Waals surface area contributed by atoms with E-state index in [1.807, 2.05) is 70.2 Å². The number of benzene rings is 3. The monoisotopic (exact) mass is 676 g/mol. The Morgan fingerprint density at radius 2 is 1.78 bits per heavy atom. The fourth-order valence-corrected chi connectivity index (χ4v) is 6.03.